The average molecular weight is 445 g/mol. The van der Waals surface area contributed by atoms with Crippen LogP contribution in [0.15, 0.2) is 18.2 Å². The maximum Gasteiger partial charge on any atom is 0.422 e. The van der Waals surface area contributed by atoms with Gasteiger partial charge in [0, 0.05) is 17.6 Å². The number of aryl methyl sites for hydroxylation is 1. The number of fused-ring (bicyclic) bond motifs is 1. The van der Waals surface area contributed by atoms with Gasteiger partial charge in [0.15, 0.2) is 6.61 Å². The molecule has 1 aromatic heterocycles. The zero-order valence-corrected chi connectivity index (χ0v) is 17.3. The highest BCUT2D eigenvalue weighted by Crippen LogP contribution is 2.32. The second-order valence-electron chi connectivity index (χ2n) is 7.65. The Kier molecular flexibility index (Phi) is 6.95. The molecule has 0 aliphatic heterocycles. The van der Waals surface area contributed by atoms with Crippen molar-refractivity contribution in [2.24, 2.45) is 11.8 Å². The summed E-state index contributed by atoms with van der Waals surface area (Å²) in [6.07, 6.45) is -1.77. The number of hydrogen-bond donors (Lipinski definition) is 2. The molecule has 1 saturated carbocycles. The van der Waals surface area contributed by atoms with E-state index in [-0.39, 0.29) is 5.91 Å². The Bertz CT molecular complexity index is 926. The Labute approximate surface area is 177 Å². The van der Waals surface area contributed by atoms with E-state index in [1.807, 2.05) is 19.1 Å². The summed E-state index contributed by atoms with van der Waals surface area (Å²) in [4.78, 5) is 28.0. The van der Waals surface area contributed by atoms with Gasteiger partial charge in [-0.15, -0.1) is 0 Å². The van der Waals surface area contributed by atoms with Gasteiger partial charge in [-0.25, -0.2) is 0 Å². The molecule has 0 spiro atoms. The summed E-state index contributed by atoms with van der Waals surface area (Å²) in [5.74, 6) is -2.78. The van der Waals surface area contributed by atoms with Crippen LogP contribution in [0.25, 0.3) is 10.9 Å². The number of benzene rings is 1. The van der Waals surface area contributed by atoms with Crippen LogP contribution < -0.4 is 5.32 Å². The zero-order chi connectivity index (χ0) is 21.9. The summed E-state index contributed by atoms with van der Waals surface area (Å²) in [5, 5.41) is 4.44. The number of ether oxygens (including phenoxy) is 1. The lowest BCUT2D eigenvalue weighted by Gasteiger charge is -2.29. The number of halogens is 4. The molecule has 1 heterocycles. The van der Waals surface area contributed by atoms with Crippen molar-refractivity contribution in [1.82, 2.24) is 10.3 Å². The maximum atomic E-state index is 12.7. The lowest BCUT2D eigenvalue weighted by atomic mass is 9.78. The number of alkyl halides is 3. The molecule has 0 saturated heterocycles. The quantitative estimate of drug-likeness (QED) is 0.634. The number of para-hydroxylation sites is 1. The molecular weight excluding hydrogens is 421 g/mol. The van der Waals surface area contributed by atoms with Crippen molar-refractivity contribution in [3.8, 4) is 0 Å². The van der Waals surface area contributed by atoms with E-state index in [0.717, 1.165) is 28.6 Å². The van der Waals surface area contributed by atoms with Crippen LogP contribution in [0.3, 0.4) is 0 Å². The van der Waals surface area contributed by atoms with Crippen LogP contribution in [-0.2, 0) is 20.7 Å². The van der Waals surface area contributed by atoms with Gasteiger partial charge in [0.05, 0.1) is 22.4 Å². The molecule has 2 N–H and O–H groups in total. The van der Waals surface area contributed by atoms with E-state index in [1.54, 1.807) is 6.07 Å². The van der Waals surface area contributed by atoms with E-state index in [2.05, 4.69) is 15.0 Å². The van der Waals surface area contributed by atoms with Gasteiger partial charge in [0.25, 0.3) is 0 Å². The number of hydrogen-bond acceptors (Lipinski definition) is 3. The number of nitrogens with one attached hydrogen (secondary N) is 2. The van der Waals surface area contributed by atoms with Gasteiger partial charge in [0.1, 0.15) is 0 Å². The van der Waals surface area contributed by atoms with Crippen LogP contribution >= 0.6 is 11.6 Å². The van der Waals surface area contributed by atoms with E-state index >= 15 is 0 Å². The van der Waals surface area contributed by atoms with Gasteiger partial charge in [-0.2, -0.15) is 13.2 Å². The molecule has 1 aliphatic rings. The van der Waals surface area contributed by atoms with Crippen molar-refractivity contribution in [1.29, 1.82) is 0 Å². The lowest BCUT2D eigenvalue weighted by Crippen LogP contribution is -2.41. The fraction of sp³-hybridized carbons (Fsp3) is 0.524. The average Bonchev–Trinajstić information content (AvgIpc) is 3.02. The molecule has 1 amide bonds. The van der Waals surface area contributed by atoms with Crippen molar-refractivity contribution < 1.29 is 27.5 Å². The largest absolute Gasteiger partial charge is 0.456 e. The van der Waals surface area contributed by atoms with Gasteiger partial charge >= 0.3 is 12.1 Å². The smallest absolute Gasteiger partial charge is 0.422 e. The van der Waals surface area contributed by atoms with E-state index in [0.29, 0.717) is 37.3 Å². The van der Waals surface area contributed by atoms with Crippen LogP contribution in [0.5, 0.6) is 0 Å². The summed E-state index contributed by atoms with van der Waals surface area (Å²) in [6.45, 7) is 0.653. The first-order chi connectivity index (χ1) is 14.2. The number of carbonyl (C=O) groups is 2. The van der Waals surface area contributed by atoms with Gasteiger partial charge in [-0.1, -0.05) is 36.6 Å². The van der Waals surface area contributed by atoms with Crippen LogP contribution in [0.4, 0.5) is 13.2 Å². The molecule has 2 atom stereocenters. The van der Waals surface area contributed by atoms with Gasteiger partial charge in [-0.3, -0.25) is 9.59 Å². The van der Waals surface area contributed by atoms with E-state index in [9.17, 15) is 22.8 Å². The number of carbonyl (C=O) groups excluding carboxylic acids is 2. The highest BCUT2D eigenvalue weighted by Gasteiger charge is 2.38. The highest BCUT2D eigenvalue weighted by molar-refractivity contribution is 6.35. The zero-order valence-electron chi connectivity index (χ0n) is 16.6. The topological polar surface area (TPSA) is 71.2 Å². The Morgan fingerprint density at radius 3 is 2.63 bits per heavy atom. The predicted octanol–water partition coefficient (Wildman–Crippen LogP) is 4.70. The summed E-state index contributed by atoms with van der Waals surface area (Å²) in [7, 11) is 0. The van der Waals surface area contributed by atoms with Crippen molar-refractivity contribution in [3.05, 3.63) is 34.5 Å². The molecule has 3 rings (SSSR count). The van der Waals surface area contributed by atoms with Crippen LogP contribution in [0.2, 0.25) is 5.02 Å². The number of aromatic amines is 1. The Balaban J connectivity index is 1.60. The van der Waals surface area contributed by atoms with Crippen molar-refractivity contribution in [3.63, 3.8) is 0 Å². The summed E-state index contributed by atoms with van der Waals surface area (Å²) < 4.78 is 41.4. The van der Waals surface area contributed by atoms with Gasteiger partial charge in [0.2, 0.25) is 5.91 Å². The molecule has 0 radical (unpaired) electrons. The molecule has 1 aliphatic carbocycles. The summed E-state index contributed by atoms with van der Waals surface area (Å²) >= 11 is 6.21. The van der Waals surface area contributed by atoms with Crippen LogP contribution in [0, 0.1) is 18.8 Å². The summed E-state index contributed by atoms with van der Waals surface area (Å²) in [6, 6.07) is 5.61. The number of esters is 1. The van der Waals surface area contributed by atoms with Crippen LogP contribution in [-0.4, -0.2) is 36.2 Å². The van der Waals surface area contributed by atoms with Gasteiger partial charge in [-0.05, 0) is 37.8 Å². The number of amides is 1. The molecule has 1 aromatic carbocycles. The molecule has 30 heavy (non-hydrogen) atoms. The van der Waals surface area contributed by atoms with Gasteiger partial charge < -0.3 is 15.0 Å². The minimum atomic E-state index is -4.58. The molecule has 164 valence electrons. The van der Waals surface area contributed by atoms with Crippen molar-refractivity contribution >= 4 is 34.4 Å². The fourth-order valence-corrected chi connectivity index (χ4v) is 4.34. The molecule has 1 fully saturated rings. The SMILES string of the molecule is Cc1[nH]c2c(Cl)cccc2c1CCNC(=O)[C@@H]1CCCC[C@@H]1C(=O)OCC(F)(F)F. The molecule has 9 heteroatoms. The molecule has 0 bridgehead atoms. The minimum Gasteiger partial charge on any atom is -0.456 e. The number of H-pyrrole nitrogens is 1. The number of rotatable bonds is 6. The Morgan fingerprint density at radius 2 is 1.93 bits per heavy atom. The minimum absolute atomic E-state index is 0.320. The van der Waals surface area contributed by atoms with E-state index < -0.39 is 30.6 Å². The second kappa shape index (κ2) is 9.29. The van der Waals surface area contributed by atoms with E-state index in [1.165, 1.54) is 0 Å². The number of aromatic nitrogens is 1. The molecular formula is C21H24ClF3N2O3. The Hall–Kier alpha value is -2.22. The normalized spacial score (nSPS) is 19.6. The third kappa shape index (κ3) is 5.28. The third-order valence-corrected chi connectivity index (χ3v) is 5.88. The second-order valence-corrected chi connectivity index (χ2v) is 8.06. The first-order valence-corrected chi connectivity index (χ1v) is 10.3. The van der Waals surface area contributed by atoms with Crippen molar-refractivity contribution in [2.45, 2.75) is 45.2 Å². The lowest BCUT2D eigenvalue weighted by molar-refractivity contribution is -0.191. The first-order valence-electron chi connectivity index (χ1n) is 9.94. The maximum absolute atomic E-state index is 12.7. The standard InChI is InChI=1S/C21H24ClF3N2O3/c1-12-13(14-7-4-8-17(22)18(14)27-12)9-10-26-19(28)15-5-2-3-6-16(15)20(29)30-11-21(23,24)25/h4,7-8,15-16,27H,2-3,5-6,9-11H2,1H3,(H,26,28)/t15-,16+/m1/s1. The monoisotopic (exact) mass is 444 g/mol. The van der Waals surface area contributed by atoms with E-state index in [4.69, 9.17) is 11.6 Å². The fourth-order valence-electron chi connectivity index (χ4n) is 4.12. The molecule has 2 aromatic rings. The predicted molar refractivity (Wildman–Crippen MR) is 107 cm³/mol. The summed E-state index contributed by atoms with van der Waals surface area (Å²) in [5.41, 5.74) is 2.84. The third-order valence-electron chi connectivity index (χ3n) is 5.56. The van der Waals surface area contributed by atoms with Crippen LogP contribution in [0.1, 0.15) is 36.9 Å². The molecule has 5 nitrogen and oxygen atoms in total. The van der Waals surface area contributed by atoms with Crippen molar-refractivity contribution in [2.75, 3.05) is 13.2 Å². The Morgan fingerprint density at radius 1 is 1.23 bits per heavy atom. The highest BCUT2D eigenvalue weighted by atomic mass is 35.5. The first kappa shape index (κ1) is 22.5. The molecule has 0 unspecified atom stereocenters.